The molecule has 1 heterocycles. The highest BCUT2D eigenvalue weighted by molar-refractivity contribution is 7.80. The Morgan fingerprint density at radius 3 is 2.41 bits per heavy atom. The molecule has 1 aliphatic heterocycles. The Kier molecular flexibility index (Phi) is 9.04. The van der Waals surface area contributed by atoms with Crippen molar-refractivity contribution in [2.24, 2.45) is 11.7 Å². The number of thiol groups is 1. The summed E-state index contributed by atoms with van der Waals surface area (Å²) >= 11 is 3.95. The van der Waals surface area contributed by atoms with Crippen molar-refractivity contribution < 1.29 is 24.3 Å². The summed E-state index contributed by atoms with van der Waals surface area (Å²) in [6.07, 6.45) is 1.67. The molecule has 27 heavy (non-hydrogen) atoms. The van der Waals surface area contributed by atoms with Gasteiger partial charge in [0.2, 0.25) is 17.7 Å². The predicted octanol–water partition coefficient (Wildman–Crippen LogP) is -0.645. The average molecular weight is 403 g/mol. The van der Waals surface area contributed by atoms with E-state index in [0.717, 1.165) is 0 Å². The molecule has 0 aromatic carbocycles. The SMILES string of the molecule is CCC(C)C(NC(=O)C1CCCN1C(=O)C(C)NC(=O)C(N)CS)C(=O)O. The lowest BCUT2D eigenvalue weighted by Gasteiger charge is -2.29. The molecule has 0 spiro atoms. The van der Waals surface area contributed by atoms with Crippen molar-refractivity contribution in [2.45, 2.75) is 64.2 Å². The Morgan fingerprint density at radius 2 is 1.89 bits per heavy atom. The molecule has 0 aromatic heterocycles. The van der Waals surface area contributed by atoms with E-state index in [-0.39, 0.29) is 11.7 Å². The molecule has 0 saturated carbocycles. The number of likely N-dealkylation sites (tertiary alicyclic amines) is 1. The summed E-state index contributed by atoms with van der Waals surface area (Å²) in [5.74, 6) is -2.57. The zero-order chi connectivity index (χ0) is 20.7. The number of carbonyl (C=O) groups excluding carboxylic acids is 3. The fourth-order valence-electron chi connectivity index (χ4n) is 2.95. The van der Waals surface area contributed by atoms with E-state index in [1.54, 1.807) is 6.92 Å². The smallest absolute Gasteiger partial charge is 0.326 e. The standard InChI is InChI=1S/C17H30N4O5S/c1-4-9(2)13(17(25)26)20-15(23)12-6-5-7-21(12)16(24)10(3)19-14(22)11(18)8-27/h9-13,27H,4-8,18H2,1-3H3,(H,19,22)(H,20,23)(H,25,26). The third kappa shape index (κ3) is 6.10. The molecular weight excluding hydrogens is 372 g/mol. The van der Waals surface area contributed by atoms with E-state index >= 15 is 0 Å². The van der Waals surface area contributed by atoms with Crippen LogP contribution in [-0.2, 0) is 19.2 Å². The summed E-state index contributed by atoms with van der Waals surface area (Å²) in [6, 6.07) is -3.43. The lowest BCUT2D eigenvalue weighted by molar-refractivity contribution is -0.145. The maximum atomic E-state index is 12.7. The fourth-order valence-corrected chi connectivity index (χ4v) is 3.12. The summed E-state index contributed by atoms with van der Waals surface area (Å²) in [5, 5.41) is 14.4. The number of carboxylic acids is 1. The first-order valence-electron chi connectivity index (χ1n) is 9.14. The number of hydrogen-bond donors (Lipinski definition) is 5. The first kappa shape index (κ1) is 23.2. The van der Waals surface area contributed by atoms with E-state index in [2.05, 4.69) is 23.3 Å². The van der Waals surface area contributed by atoms with E-state index in [0.29, 0.717) is 25.8 Å². The molecule has 0 bridgehead atoms. The van der Waals surface area contributed by atoms with E-state index in [1.165, 1.54) is 11.8 Å². The van der Waals surface area contributed by atoms with Crippen molar-refractivity contribution in [3.05, 3.63) is 0 Å². The van der Waals surface area contributed by atoms with Crippen LogP contribution in [0.1, 0.15) is 40.0 Å². The second kappa shape index (κ2) is 10.5. The number of hydrogen-bond acceptors (Lipinski definition) is 6. The maximum Gasteiger partial charge on any atom is 0.326 e. The molecule has 0 aromatic rings. The second-order valence-electron chi connectivity index (χ2n) is 6.92. The average Bonchev–Trinajstić information content (AvgIpc) is 3.13. The molecule has 5 N–H and O–H groups in total. The first-order valence-corrected chi connectivity index (χ1v) is 9.77. The predicted molar refractivity (Wildman–Crippen MR) is 103 cm³/mol. The number of amides is 3. The van der Waals surface area contributed by atoms with Gasteiger partial charge in [0.25, 0.3) is 0 Å². The van der Waals surface area contributed by atoms with E-state index in [1.807, 2.05) is 6.92 Å². The molecule has 10 heteroatoms. The van der Waals surface area contributed by atoms with Crippen molar-refractivity contribution in [3.8, 4) is 0 Å². The van der Waals surface area contributed by atoms with Crippen LogP contribution in [0.3, 0.4) is 0 Å². The fraction of sp³-hybridized carbons (Fsp3) is 0.765. The van der Waals surface area contributed by atoms with Gasteiger partial charge in [-0.15, -0.1) is 0 Å². The van der Waals surface area contributed by atoms with Crippen molar-refractivity contribution in [2.75, 3.05) is 12.3 Å². The molecule has 1 saturated heterocycles. The minimum Gasteiger partial charge on any atom is -0.480 e. The number of nitrogens with two attached hydrogens (primary N) is 1. The van der Waals surface area contributed by atoms with Gasteiger partial charge in [-0.25, -0.2) is 4.79 Å². The summed E-state index contributed by atoms with van der Waals surface area (Å²) in [5.41, 5.74) is 5.59. The molecule has 5 atom stereocenters. The van der Waals surface area contributed by atoms with Crippen LogP contribution in [0.4, 0.5) is 0 Å². The molecular formula is C17H30N4O5S. The van der Waals surface area contributed by atoms with Crippen LogP contribution in [0.25, 0.3) is 0 Å². The molecule has 0 aliphatic carbocycles. The Balaban J connectivity index is 2.79. The third-order valence-electron chi connectivity index (χ3n) is 4.88. The monoisotopic (exact) mass is 402 g/mol. The third-order valence-corrected chi connectivity index (χ3v) is 5.27. The van der Waals surface area contributed by atoms with Crippen LogP contribution in [0.15, 0.2) is 0 Å². The Hall–Kier alpha value is -1.81. The van der Waals surface area contributed by atoms with Gasteiger partial charge in [0.05, 0.1) is 6.04 Å². The maximum absolute atomic E-state index is 12.7. The van der Waals surface area contributed by atoms with Gasteiger partial charge >= 0.3 is 5.97 Å². The van der Waals surface area contributed by atoms with Crippen LogP contribution < -0.4 is 16.4 Å². The van der Waals surface area contributed by atoms with Crippen LogP contribution in [0, 0.1) is 5.92 Å². The van der Waals surface area contributed by atoms with Crippen molar-refractivity contribution >= 4 is 36.3 Å². The number of nitrogens with one attached hydrogen (secondary N) is 2. The molecule has 1 fully saturated rings. The van der Waals surface area contributed by atoms with Gasteiger partial charge in [-0.3, -0.25) is 14.4 Å². The summed E-state index contributed by atoms with van der Waals surface area (Å²) in [7, 11) is 0. The molecule has 9 nitrogen and oxygen atoms in total. The van der Waals surface area contributed by atoms with Gasteiger partial charge in [0.15, 0.2) is 0 Å². The number of carbonyl (C=O) groups is 4. The van der Waals surface area contributed by atoms with Gasteiger partial charge in [0.1, 0.15) is 18.1 Å². The second-order valence-corrected chi connectivity index (χ2v) is 7.28. The summed E-state index contributed by atoms with van der Waals surface area (Å²) < 4.78 is 0. The molecule has 3 amide bonds. The van der Waals surface area contributed by atoms with E-state index < -0.39 is 47.9 Å². The van der Waals surface area contributed by atoms with Gasteiger partial charge < -0.3 is 26.4 Å². The molecule has 1 rings (SSSR count). The topological polar surface area (TPSA) is 142 Å². The largest absolute Gasteiger partial charge is 0.480 e. The minimum absolute atomic E-state index is 0.147. The molecule has 1 aliphatic rings. The van der Waals surface area contributed by atoms with Gasteiger partial charge in [0, 0.05) is 12.3 Å². The Bertz CT molecular complexity index is 574. The quantitative estimate of drug-likeness (QED) is 0.325. The Morgan fingerprint density at radius 1 is 1.26 bits per heavy atom. The number of nitrogens with zero attached hydrogens (tertiary/aromatic N) is 1. The van der Waals surface area contributed by atoms with Crippen LogP contribution in [0.2, 0.25) is 0 Å². The lowest BCUT2D eigenvalue weighted by atomic mass is 9.98. The van der Waals surface area contributed by atoms with Gasteiger partial charge in [-0.05, 0) is 25.7 Å². The first-order chi connectivity index (χ1) is 12.6. The summed E-state index contributed by atoms with van der Waals surface area (Å²) in [6.45, 7) is 5.49. The number of aliphatic carboxylic acids is 1. The van der Waals surface area contributed by atoms with Crippen molar-refractivity contribution in [1.82, 2.24) is 15.5 Å². The zero-order valence-corrected chi connectivity index (χ0v) is 16.9. The Labute approximate surface area is 164 Å². The lowest BCUT2D eigenvalue weighted by Crippen LogP contribution is -2.56. The van der Waals surface area contributed by atoms with Crippen LogP contribution in [-0.4, -0.2) is 70.2 Å². The number of rotatable bonds is 9. The molecule has 154 valence electrons. The molecule has 5 unspecified atom stereocenters. The van der Waals surface area contributed by atoms with Crippen LogP contribution >= 0.6 is 12.6 Å². The van der Waals surface area contributed by atoms with E-state index in [4.69, 9.17) is 5.73 Å². The number of carboxylic acid groups (broad SMARTS) is 1. The van der Waals surface area contributed by atoms with Crippen LogP contribution in [0.5, 0.6) is 0 Å². The van der Waals surface area contributed by atoms with Crippen molar-refractivity contribution in [1.29, 1.82) is 0 Å². The van der Waals surface area contributed by atoms with Crippen molar-refractivity contribution in [3.63, 3.8) is 0 Å². The van der Waals surface area contributed by atoms with Gasteiger partial charge in [-0.2, -0.15) is 12.6 Å². The summed E-state index contributed by atoms with van der Waals surface area (Å²) in [4.78, 5) is 49.9. The molecule has 0 radical (unpaired) electrons. The highest BCUT2D eigenvalue weighted by Gasteiger charge is 2.38. The zero-order valence-electron chi connectivity index (χ0n) is 16.0. The normalized spacial score (nSPS) is 21.1. The highest BCUT2D eigenvalue weighted by Crippen LogP contribution is 2.19. The van der Waals surface area contributed by atoms with E-state index in [9.17, 15) is 24.3 Å². The van der Waals surface area contributed by atoms with Gasteiger partial charge in [-0.1, -0.05) is 20.3 Å². The highest BCUT2D eigenvalue weighted by atomic mass is 32.1. The minimum atomic E-state index is -1.10.